The maximum absolute atomic E-state index is 10.8. The SMILES string of the molecule is CP(=O)(O)Oc1cccc(Br)c1. The van der Waals surface area contributed by atoms with Gasteiger partial charge in [0.2, 0.25) is 0 Å². The lowest BCUT2D eigenvalue weighted by Gasteiger charge is -2.07. The third kappa shape index (κ3) is 3.39. The molecular weight excluding hydrogens is 243 g/mol. The van der Waals surface area contributed by atoms with Gasteiger partial charge in [0.25, 0.3) is 0 Å². The van der Waals surface area contributed by atoms with Crippen LogP contribution in [-0.4, -0.2) is 11.6 Å². The zero-order valence-electron chi connectivity index (χ0n) is 6.40. The van der Waals surface area contributed by atoms with Gasteiger partial charge in [-0.05, 0) is 18.2 Å². The van der Waals surface area contributed by atoms with E-state index in [1.807, 2.05) is 6.07 Å². The van der Waals surface area contributed by atoms with Crippen LogP contribution in [-0.2, 0) is 4.57 Å². The maximum atomic E-state index is 10.8. The Morgan fingerprint density at radius 1 is 1.58 bits per heavy atom. The Morgan fingerprint density at radius 2 is 2.25 bits per heavy atom. The molecule has 0 aliphatic rings. The van der Waals surface area contributed by atoms with Crippen molar-refractivity contribution in [3.63, 3.8) is 0 Å². The summed E-state index contributed by atoms with van der Waals surface area (Å²) in [7, 11) is -3.43. The molecule has 12 heavy (non-hydrogen) atoms. The second-order valence-corrected chi connectivity index (χ2v) is 5.06. The van der Waals surface area contributed by atoms with E-state index in [9.17, 15) is 4.57 Å². The van der Waals surface area contributed by atoms with Crippen LogP contribution in [0.2, 0.25) is 0 Å². The van der Waals surface area contributed by atoms with Crippen molar-refractivity contribution in [3.05, 3.63) is 28.7 Å². The first-order valence-corrected chi connectivity index (χ1v) is 6.04. The van der Waals surface area contributed by atoms with E-state index in [0.29, 0.717) is 5.75 Å². The molecule has 0 radical (unpaired) electrons. The molecule has 66 valence electrons. The number of halogens is 1. The van der Waals surface area contributed by atoms with E-state index in [1.54, 1.807) is 18.2 Å². The highest BCUT2D eigenvalue weighted by Gasteiger charge is 2.11. The molecule has 0 saturated heterocycles. The summed E-state index contributed by atoms with van der Waals surface area (Å²) in [5.74, 6) is 0.387. The molecule has 1 aromatic carbocycles. The van der Waals surface area contributed by atoms with Crippen molar-refractivity contribution in [3.8, 4) is 5.75 Å². The van der Waals surface area contributed by atoms with E-state index in [-0.39, 0.29) is 0 Å². The summed E-state index contributed by atoms with van der Waals surface area (Å²) < 4.78 is 16.4. The van der Waals surface area contributed by atoms with Crippen LogP contribution in [0.15, 0.2) is 28.7 Å². The third-order valence-electron chi connectivity index (χ3n) is 1.07. The summed E-state index contributed by atoms with van der Waals surface area (Å²) in [5.41, 5.74) is 0. The fraction of sp³-hybridized carbons (Fsp3) is 0.143. The molecule has 0 bridgehead atoms. The highest BCUT2D eigenvalue weighted by molar-refractivity contribution is 9.10. The van der Waals surface area contributed by atoms with E-state index in [4.69, 9.17) is 9.42 Å². The molecule has 5 heteroatoms. The third-order valence-corrected chi connectivity index (χ3v) is 2.11. The largest absolute Gasteiger partial charge is 0.425 e. The summed E-state index contributed by atoms with van der Waals surface area (Å²) in [6, 6.07) is 6.80. The van der Waals surface area contributed by atoms with Crippen LogP contribution in [0, 0.1) is 0 Å². The molecule has 1 aromatic rings. The minimum absolute atomic E-state index is 0.387. The van der Waals surface area contributed by atoms with Gasteiger partial charge < -0.3 is 9.42 Å². The standard InChI is InChI=1S/C7H8BrO3P/c1-12(9,10)11-7-4-2-3-6(8)5-7/h2-5H,1H3,(H,9,10). The molecule has 0 aliphatic carbocycles. The number of hydrogen-bond donors (Lipinski definition) is 1. The number of hydrogen-bond acceptors (Lipinski definition) is 2. The van der Waals surface area contributed by atoms with Crippen molar-refractivity contribution in [2.24, 2.45) is 0 Å². The molecule has 0 spiro atoms. The molecule has 0 amide bonds. The second kappa shape index (κ2) is 3.60. The van der Waals surface area contributed by atoms with Gasteiger partial charge in [0, 0.05) is 11.1 Å². The summed E-state index contributed by atoms with van der Waals surface area (Å²) in [6.07, 6.45) is 0. The first-order valence-electron chi connectivity index (χ1n) is 3.23. The lowest BCUT2D eigenvalue weighted by Crippen LogP contribution is -1.88. The number of rotatable bonds is 2. The van der Waals surface area contributed by atoms with Crippen LogP contribution in [0.1, 0.15) is 0 Å². The van der Waals surface area contributed by atoms with E-state index in [1.165, 1.54) is 0 Å². The smallest absolute Gasteiger partial charge is 0.373 e. The van der Waals surface area contributed by atoms with Gasteiger partial charge in [-0.1, -0.05) is 22.0 Å². The lowest BCUT2D eigenvalue weighted by atomic mass is 10.3. The Kier molecular flexibility index (Phi) is 2.94. The average molecular weight is 251 g/mol. The monoisotopic (exact) mass is 250 g/mol. The Balaban J connectivity index is 2.84. The van der Waals surface area contributed by atoms with Crippen LogP contribution in [0.4, 0.5) is 0 Å². The van der Waals surface area contributed by atoms with Crippen LogP contribution in [0.5, 0.6) is 5.75 Å². The predicted octanol–water partition coefficient (Wildman–Crippen LogP) is 2.64. The number of benzene rings is 1. The van der Waals surface area contributed by atoms with Crippen molar-refractivity contribution in [2.75, 3.05) is 6.66 Å². The van der Waals surface area contributed by atoms with Crippen molar-refractivity contribution >= 4 is 23.5 Å². The van der Waals surface area contributed by atoms with Crippen LogP contribution < -0.4 is 4.52 Å². The first-order chi connectivity index (χ1) is 5.47. The Bertz CT molecular complexity index is 320. The highest BCUT2D eigenvalue weighted by atomic mass is 79.9. The van der Waals surface area contributed by atoms with Gasteiger partial charge in [0.05, 0.1) is 0 Å². The summed E-state index contributed by atoms with van der Waals surface area (Å²) in [6.45, 7) is 1.15. The normalized spacial score (nSPS) is 15.2. The van der Waals surface area contributed by atoms with Crippen molar-refractivity contribution in [1.29, 1.82) is 0 Å². The van der Waals surface area contributed by atoms with Crippen molar-refractivity contribution in [1.82, 2.24) is 0 Å². The highest BCUT2D eigenvalue weighted by Crippen LogP contribution is 2.38. The van der Waals surface area contributed by atoms with Crippen LogP contribution >= 0.6 is 23.5 Å². The minimum Gasteiger partial charge on any atom is -0.425 e. The molecule has 1 unspecified atom stereocenters. The molecule has 0 heterocycles. The maximum Gasteiger partial charge on any atom is 0.373 e. The molecule has 1 rings (SSSR count). The zero-order chi connectivity index (χ0) is 9.19. The molecule has 0 fully saturated rings. The Morgan fingerprint density at radius 3 is 2.75 bits per heavy atom. The van der Waals surface area contributed by atoms with Gasteiger partial charge in [-0.15, -0.1) is 0 Å². The lowest BCUT2D eigenvalue weighted by molar-refractivity contribution is 0.387. The molecule has 1 N–H and O–H groups in total. The van der Waals surface area contributed by atoms with Crippen LogP contribution in [0.25, 0.3) is 0 Å². The second-order valence-electron chi connectivity index (χ2n) is 2.35. The van der Waals surface area contributed by atoms with E-state index in [0.717, 1.165) is 11.1 Å². The Hall–Kier alpha value is -0.310. The zero-order valence-corrected chi connectivity index (χ0v) is 8.88. The molecule has 0 saturated carbocycles. The van der Waals surface area contributed by atoms with Gasteiger partial charge in [0.1, 0.15) is 5.75 Å². The van der Waals surface area contributed by atoms with Gasteiger partial charge in [-0.3, -0.25) is 0 Å². The summed E-state index contributed by atoms with van der Waals surface area (Å²) in [4.78, 5) is 8.88. The van der Waals surface area contributed by atoms with E-state index in [2.05, 4.69) is 15.9 Å². The predicted molar refractivity (Wildman–Crippen MR) is 50.5 cm³/mol. The van der Waals surface area contributed by atoms with Gasteiger partial charge in [0.15, 0.2) is 0 Å². The molecule has 1 atom stereocenters. The van der Waals surface area contributed by atoms with Crippen molar-refractivity contribution in [2.45, 2.75) is 0 Å². The fourth-order valence-corrected chi connectivity index (χ4v) is 1.60. The first kappa shape index (κ1) is 9.78. The fourth-order valence-electron chi connectivity index (χ4n) is 0.719. The molecular formula is C7H8BrO3P. The quantitative estimate of drug-likeness (QED) is 0.822. The van der Waals surface area contributed by atoms with Crippen molar-refractivity contribution < 1.29 is 14.0 Å². The summed E-state index contributed by atoms with van der Waals surface area (Å²) >= 11 is 3.22. The topological polar surface area (TPSA) is 46.5 Å². The van der Waals surface area contributed by atoms with Crippen LogP contribution in [0.3, 0.4) is 0 Å². The summed E-state index contributed by atoms with van der Waals surface area (Å²) in [5, 5.41) is 0. The minimum atomic E-state index is -3.43. The molecule has 3 nitrogen and oxygen atoms in total. The van der Waals surface area contributed by atoms with E-state index >= 15 is 0 Å². The van der Waals surface area contributed by atoms with E-state index < -0.39 is 7.60 Å². The average Bonchev–Trinajstić information content (AvgIpc) is 1.82. The van der Waals surface area contributed by atoms with Gasteiger partial charge in [-0.2, -0.15) is 0 Å². The van der Waals surface area contributed by atoms with Gasteiger partial charge in [-0.25, -0.2) is 4.57 Å². The Labute approximate surface area is 79.0 Å². The molecule has 0 aliphatic heterocycles. The molecule has 0 aromatic heterocycles. The van der Waals surface area contributed by atoms with Gasteiger partial charge >= 0.3 is 7.60 Å².